The normalized spacial score (nSPS) is 17.7. The first-order chi connectivity index (χ1) is 8.83. The Morgan fingerprint density at radius 2 is 1.89 bits per heavy atom. The van der Waals surface area contributed by atoms with Gasteiger partial charge in [0.15, 0.2) is 0 Å². The molecule has 1 N–H and O–H groups in total. The van der Waals surface area contributed by atoms with E-state index in [1.165, 1.54) is 5.56 Å². The highest BCUT2D eigenvalue weighted by molar-refractivity contribution is 5.61. The second-order valence-electron chi connectivity index (χ2n) is 4.41. The van der Waals surface area contributed by atoms with Crippen molar-refractivity contribution in [2.24, 2.45) is 0 Å². The van der Waals surface area contributed by atoms with E-state index in [1.807, 2.05) is 24.3 Å². The van der Waals surface area contributed by atoms with Crippen molar-refractivity contribution in [2.45, 2.75) is 5.92 Å². The smallest absolute Gasteiger partial charge is 0.130 e. The van der Waals surface area contributed by atoms with Gasteiger partial charge in [-0.3, -0.25) is 0 Å². The highest BCUT2D eigenvalue weighted by atomic mass is 16.5. The number of hydrogen-bond donors (Lipinski definition) is 1. The van der Waals surface area contributed by atoms with Gasteiger partial charge in [0.2, 0.25) is 0 Å². The summed E-state index contributed by atoms with van der Waals surface area (Å²) in [5.41, 5.74) is 2.25. The second kappa shape index (κ2) is 4.57. The molecule has 0 bridgehead atoms. The summed E-state index contributed by atoms with van der Waals surface area (Å²) in [6.45, 7) is 0.594. The molecule has 18 heavy (non-hydrogen) atoms. The maximum Gasteiger partial charge on any atom is 0.130 e. The Morgan fingerprint density at radius 1 is 1.06 bits per heavy atom. The molecule has 2 nitrogen and oxygen atoms in total. The first-order valence-corrected chi connectivity index (χ1v) is 6.02. The van der Waals surface area contributed by atoms with Gasteiger partial charge in [0.25, 0.3) is 0 Å². The predicted molar refractivity (Wildman–Crippen MR) is 71.8 cm³/mol. The SMILES string of the molecule is Oc1ccc2c(c1)OC[C@H](c1ccccc1)C=C2. The lowest BCUT2D eigenvalue weighted by atomic mass is 9.99. The van der Waals surface area contributed by atoms with Crippen LogP contribution < -0.4 is 4.74 Å². The van der Waals surface area contributed by atoms with Crippen LogP contribution in [0.4, 0.5) is 0 Å². The van der Waals surface area contributed by atoms with E-state index < -0.39 is 0 Å². The molecule has 0 amide bonds. The van der Waals surface area contributed by atoms with E-state index in [1.54, 1.807) is 12.1 Å². The lowest BCUT2D eigenvalue weighted by molar-refractivity contribution is 0.306. The standard InChI is InChI=1S/C16H14O2/c17-15-9-8-13-6-7-14(11-18-16(13)10-15)12-4-2-1-3-5-12/h1-10,14,17H,11H2/t14-/m1/s1. The van der Waals surface area contributed by atoms with E-state index in [9.17, 15) is 5.11 Å². The van der Waals surface area contributed by atoms with Gasteiger partial charge in [0.05, 0.1) is 6.61 Å². The highest BCUT2D eigenvalue weighted by Crippen LogP contribution is 2.31. The third kappa shape index (κ3) is 2.09. The van der Waals surface area contributed by atoms with Crippen molar-refractivity contribution in [1.29, 1.82) is 0 Å². The van der Waals surface area contributed by atoms with Gasteiger partial charge in [-0.1, -0.05) is 42.5 Å². The van der Waals surface area contributed by atoms with Gasteiger partial charge in [-0.25, -0.2) is 0 Å². The zero-order valence-electron chi connectivity index (χ0n) is 9.91. The van der Waals surface area contributed by atoms with Gasteiger partial charge >= 0.3 is 0 Å². The average molecular weight is 238 g/mol. The van der Waals surface area contributed by atoms with E-state index in [2.05, 4.69) is 24.3 Å². The number of benzene rings is 2. The molecule has 1 heterocycles. The molecule has 0 saturated carbocycles. The Labute approximate surface area is 106 Å². The fourth-order valence-electron chi connectivity index (χ4n) is 2.15. The number of rotatable bonds is 1. The Kier molecular flexibility index (Phi) is 2.77. The minimum absolute atomic E-state index is 0.236. The van der Waals surface area contributed by atoms with Gasteiger partial charge < -0.3 is 9.84 Å². The van der Waals surface area contributed by atoms with Gasteiger partial charge in [-0.2, -0.15) is 0 Å². The largest absolute Gasteiger partial charge is 0.508 e. The van der Waals surface area contributed by atoms with Crippen molar-refractivity contribution in [2.75, 3.05) is 6.61 Å². The van der Waals surface area contributed by atoms with E-state index in [4.69, 9.17) is 4.74 Å². The maximum absolute atomic E-state index is 9.46. The molecule has 0 saturated heterocycles. The Balaban J connectivity index is 1.90. The van der Waals surface area contributed by atoms with E-state index in [0.717, 1.165) is 11.3 Å². The van der Waals surface area contributed by atoms with Crippen LogP contribution in [-0.2, 0) is 0 Å². The third-order valence-corrected chi connectivity index (χ3v) is 3.15. The van der Waals surface area contributed by atoms with E-state index >= 15 is 0 Å². The number of ether oxygens (including phenoxy) is 1. The van der Waals surface area contributed by atoms with Crippen molar-refractivity contribution in [1.82, 2.24) is 0 Å². The molecule has 90 valence electrons. The van der Waals surface area contributed by atoms with E-state index in [0.29, 0.717) is 6.61 Å². The first-order valence-electron chi connectivity index (χ1n) is 6.02. The lowest BCUT2D eigenvalue weighted by Gasteiger charge is -2.12. The molecule has 1 aliphatic rings. The number of aromatic hydroxyl groups is 1. The molecule has 1 aliphatic heterocycles. The Hall–Kier alpha value is -2.22. The van der Waals surface area contributed by atoms with E-state index in [-0.39, 0.29) is 11.7 Å². The molecule has 2 heteroatoms. The van der Waals surface area contributed by atoms with Crippen LogP contribution in [-0.4, -0.2) is 11.7 Å². The summed E-state index contributed by atoms with van der Waals surface area (Å²) >= 11 is 0. The fraction of sp³-hybridized carbons (Fsp3) is 0.125. The molecule has 2 aromatic rings. The summed E-state index contributed by atoms with van der Waals surface area (Å²) in [6.07, 6.45) is 4.21. The van der Waals surface area contributed by atoms with Crippen LogP contribution in [0.5, 0.6) is 11.5 Å². The monoisotopic (exact) mass is 238 g/mol. The van der Waals surface area contributed by atoms with Crippen LogP contribution in [0.25, 0.3) is 6.08 Å². The summed E-state index contributed by atoms with van der Waals surface area (Å²) in [7, 11) is 0. The summed E-state index contributed by atoms with van der Waals surface area (Å²) < 4.78 is 5.77. The third-order valence-electron chi connectivity index (χ3n) is 3.15. The molecule has 0 spiro atoms. The van der Waals surface area contributed by atoms with Gasteiger partial charge in [-0.05, 0) is 17.7 Å². The zero-order chi connectivity index (χ0) is 12.4. The topological polar surface area (TPSA) is 29.5 Å². The first kappa shape index (κ1) is 10.9. The molecule has 0 unspecified atom stereocenters. The number of hydrogen-bond acceptors (Lipinski definition) is 2. The number of phenols is 1. The van der Waals surface area contributed by atoms with Crippen LogP contribution in [0, 0.1) is 0 Å². The predicted octanol–water partition coefficient (Wildman–Crippen LogP) is 3.58. The second-order valence-corrected chi connectivity index (χ2v) is 4.41. The lowest BCUT2D eigenvalue weighted by Crippen LogP contribution is -2.06. The molecular weight excluding hydrogens is 224 g/mol. The quantitative estimate of drug-likeness (QED) is 0.822. The van der Waals surface area contributed by atoms with Gasteiger partial charge in [0, 0.05) is 17.5 Å². The summed E-state index contributed by atoms with van der Waals surface area (Å²) in [5.74, 6) is 1.23. The zero-order valence-corrected chi connectivity index (χ0v) is 9.91. The Bertz CT molecular complexity index is 573. The number of fused-ring (bicyclic) bond motifs is 1. The van der Waals surface area contributed by atoms with Crippen molar-refractivity contribution in [3.8, 4) is 11.5 Å². The molecule has 2 aromatic carbocycles. The molecular formula is C16H14O2. The van der Waals surface area contributed by atoms with Gasteiger partial charge in [-0.15, -0.1) is 0 Å². The molecule has 0 radical (unpaired) electrons. The minimum Gasteiger partial charge on any atom is -0.508 e. The van der Waals surface area contributed by atoms with Crippen molar-refractivity contribution < 1.29 is 9.84 Å². The van der Waals surface area contributed by atoms with Crippen LogP contribution in [0.15, 0.2) is 54.6 Å². The molecule has 0 aliphatic carbocycles. The summed E-state index contributed by atoms with van der Waals surface area (Å²) in [5, 5.41) is 9.46. The van der Waals surface area contributed by atoms with Crippen molar-refractivity contribution >= 4 is 6.08 Å². The van der Waals surface area contributed by atoms with Crippen molar-refractivity contribution in [3.63, 3.8) is 0 Å². The Morgan fingerprint density at radius 3 is 2.72 bits per heavy atom. The molecule has 0 aromatic heterocycles. The van der Waals surface area contributed by atoms with Crippen LogP contribution in [0.2, 0.25) is 0 Å². The van der Waals surface area contributed by atoms with Crippen LogP contribution in [0.3, 0.4) is 0 Å². The average Bonchev–Trinajstić information content (AvgIpc) is 2.62. The van der Waals surface area contributed by atoms with Crippen LogP contribution in [0.1, 0.15) is 17.0 Å². The minimum atomic E-state index is 0.236. The van der Waals surface area contributed by atoms with Crippen LogP contribution >= 0.6 is 0 Å². The summed E-state index contributed by atoms with van der Waals surface area (Å²) in [6, 6.07) is 15.5. The fourth-order valence-corrected chi connectivity index (χ4v) is 2.15. The van der Waals surface area contributed by atoms with Gasteiger partial charge in [0.1, 0.15) is 11.5 Å². The summed E-state index contributed by atoms with van der Waals surface area (Å²) in [4.78, 5) is 0. The molecule has 3 rings (SSSR count). The van der Waals surface area contributed by atoms with Crippen molar-refractivity contribution in [3.05, 3.63) is 65.7 Å². The highest BCUT2D eigenvalue weighted by Gasteiger charge is 2.14. The number of phenolic OH excluding ortho intramolecular Hbond substituents is 1. The maximum atomic E-state index is 9.46. The molecule has 1 atom stereocenters. The molecule has 0 fully saturated rings.